The van der Waals surface area contributed by atoms with Gasteiger partial charge in [-0.15, -0.1) is 0 Å². The molecule has 0 aliphatic rings. The molecule has 0 fully saturated rings. The van der Waals surface area contributed by atoms with Crippen LogP contribution in [0, 0.1) is 13.8 Å². The average molecular weight is 407 g/mol. The lowest BCUT2D eigenvalue weighted by molar-refractivity contribution is 0.321. The highest BCUT2D eigenvalue weighted by Gasteiger charge is 2.29. The number of methoxy groups -OCH3 is 1. The van der Waals surface area contributed by atoms with E-state index in [0.29, 0.717) is 35.5 Å². The summed E-state index contributed by atoms with van der Waals surface area (Å²) in [4.78, 5) is 8.16. The third kappa shape index (κ3) is 4.46. The van der Waals surface area contributed by atoms with Crippen molar-refractivity contribution in [3.05, 3.63) is 47.2 Å². The fourth-order valence-corrected chi connectivity index (χ4v) is 3.65. The van der Waals surface area contributed by atoms with E-state index >= 15 is 0 Å². The summed E-state index contributed by atoms with van der Waals surface area (Å²) >= 11 is 0. The molecule has 0 aliphatic carbocycles. The van der Waals surface area contributed by atoms with E-state index in [-0.39, 0.29) is 11.6 Å². The molecule has 9 heteroatoms. The Morgan fingerprint density at radius 2 is 1.86 bits per heavy atom. The number of anilines is 1. The molecule has 1 heterocycles. The van der Waals surface area contributed by atoms with Crippen molar-refractivity contribution in [3.8, 4) is 17.2 Å². The number of aromatic hydroxyl groups is 1. The molecule has 1 atom stereocenters. The number of hydrogen-bond acceptors (Lipinski definition) is 8. The van der Waals surface area contributed by atoms with Gasteiger partial charge in [0, 0.05) is 22.5 Å². The maximum absolute atomic E-state index is 13.1. The minimum atomic E-state index is -3.80. The molecular weight excluding hydrogens is 381 g/mol. The predicted molar refractivity (Wildman–Crippen MR) is 108 cm³/mol. The van der Waals surface area contributed by atoms with Crippen molar-refractivity contribution in [2.45, 2.75) is 40.5 Å². The van der Waals surface area contributed by atoms with Crippen LogP contribution in [0.4, 0.5) is 5.82 Å². The summed E-state index contributed by atoms with van der Waals surface area (Å²) in [7, 11) is -2.33. The first kappa shape index (κ1) is 21.7. The van der Waals surface area contributed by atoms with Gasteiger partial charge in [0.2, 0.25) is 0 Å². The van der Waals surface area contributed by atoms with Gasteiger partial charge in [-0.2, -0.15) is 4.62 Å². The Bertz CT molecular complexity index is 900. The second-order valence-electron chi connectivity index (χ2n) is 6.05. The van der Waals surface area contributed by atoms with Gasteiger partial charge in [-0.25, -0.2) is 15.0 Å². The number of phenolic OH excluding ortho intramolecular Hbond substituents is 1. The van der Waals surface area contributed by atoms with Gasteiger partial charge in [-0.1, -0.05) is 20.4 Å². The number of ether oxygens (including phenoxy) is 1. The van der Waals surface area contributed by atoms with E-state index in [0.717, 1.165) is 17.1 Å². The van der Waals surface area contributed by atoms with E-state index in [1.165, 1.54) is 13.3 Å². The summed E-state index contributed by atoms with van der Waals surface area (Å²) in [6.07, 6.45) is 4.04. The lowest BCUT2D eigenvalue weighted by Gasteiger charge is -2.23. The van der Waals surface area contributed by atoms with Crippen LogP contribution < -0.4 is 14.7 Å². The minimum Gasteiger partial charge on any atom is -0.504 e. The van der Waals surface area contributed by atoms with Gasteiger partial charge in [0.1, 0.15) is 5.75 Å². The largest absolute Gasteiger partial charge is 0.504 e. The molecule has 1 unspecified atom stereocenters. The molecule has 152 valence electrons. The molecule has 0 amide bonds. The van der Waals surface area contributed by atoms with Crippen molar-refractivity contribution in [1.29, 1.82) is 0 Å². The highest BCUT2D eigenvalue weighted by molar-refractivity contribution is 7.57. The standard InChI is InChI=1S/C19H26N3O5P/c1-7-14-13(5)17(23)19(25-6)15(8-2)18(14)26-28(24,9-3)27-22-16-11-20-12(4)10-21-16/h9-11,23H,3,7-8H2,1-2,4-6H3,(H,21,22). The molecular formula is C19H26N3O5P. The Kier molecular flexibility index (Phi) is 7.05. The SMILES string of the molecule is C=CP(=O)(ONc1cnc(C)cn1)Oc1c(CC)c(C)c(O)c(OC)c1CC. The third-order valence-electron chi connectivity index (χ3n) is 4.26. The van der Waals surface area contributed by atoms with Gasteiger partial charge in [0.05, 0.1) is 25.2 Å². The Hall–Kier alpha value is -2.57. The van der Waals surface area contributed by atoms with Gasteiger partial charge in [0.25, 0.3) is 0 Å². The molecule has 1 aromatic carbocycles. The third-order valence-corrected chi connectivity index (χ3v) is 5.49. The van der Waals surface area contributed by atoms with Crippen molar-refractivity contribution in [2.75, 3.05) is 12.6 Å². The van der Waals surface area contributed by atoms with E-state index in [2.05, 4.69) is 22.0 Å². The number of aryl methyl sites for hydroxylation is 1. The molecule has 0 aliphatic heterocycles. The highest BCUT2D eigenvalue weighted by Crippen LogP contribution is 2.54. The second-order valence-corrected chi connectivity index (χ2v) is 7.86. The van der Waals surface area contributed by atoms with E-state index < -0.39 is 7.60 Å². The van der Waals surface area contributed by atoms with E-state index in [1.807, 2.05) is 13.8 Å². The maximum Gasteiger partial charge on any atom is 0.424 e. The zero-order valence-electron chi connectivity index (χ0n) is 16.8. The van der Waals surface area contributed by atoms with Crippen molar-refractivity contribution >= 4 is 13.4 Å². The maximum atomic E-state index is 13.1. The summed E-state index contributed by atoms with van der Waals surface area (Å²) < 4.78 is 29.6. The number of aromatic nitrogens is 2. The van der Waals surface area contributed by atoms with Crippen molar-refractivity contribution in [3.63, 3.8) is 0 Å². The fraction of sp³-hybridized carbons (Fsp3) is 0.368. The molecule has 1 aromatic heterocycles. The number of hydrogen-bond donors (Lipinski definition) is 2. The van der Waals surface area contributed by atoms with Crippen LogP contribution in [0.25, 0.3) is 0 Å². The van der Waals surface area contributed by atoms with Gasteiger partial charge >= 0.3 is 7.60 Å². The second kappa shape index (κ2) is 9.08. The van der Waals surface area contributed by atoms with E-state index in [9.17, 15) is 9.67 Å². The zero-order chi connectivity index (χ0) is 20.9. The molecule has 0 saturated heterocycles. The first-order chi connectivity index (χ1) is 13.3. The molecule has 2 rings (SSSR count). The lowest BCUT2D eigenvalue weighted by atomic mass is 9.97. The molecule has 8 nitrogen and oxygen atoms in total. The van der Waals surface area contributed by atoms with Crippen LogP contribution in [-0.2, 0) is 22.0 Å². The Balaban J connectivity index is 2.42. The number of nitrogens with zero attached hydrogens (tertiary/aromatic N) is 2. The first-order valence-corrected chi connectivity index (χ1v) is 10.5. The summed E-state index contributed by atoms with van der Waals surface area (Å²) in [5, 5.41) is 10.4. The van der Waals surface area contributed by atoms with Gasteiger partial charge < -0.3 is 14.4 Å². The fourth-order valence-electron chi connectivity index (χ4n) is 2.76. The Labute approximate surface area is 165 Å². The quantitative estimate of drug-likeness (QED) is 0.456. The predicted octanol–water partition coefficient (Wildman–Crippen LogP) is 4.69. The first-order valence-electron chi connectivity index (χ1n) is 8.87. The van der Waals surface area contributed by atoms with E-state index in [1.54, 1.807) is 20.0 Å². The molecule has 0 bridgehead atoms. The van der Waals surface area contributed by atoms with Gasteiger partial charge in [0.15, 0.2) is 17.3 Å². The highest BCUT2D eigenvalue weighted by atomic mass is 31.2. The number of phenols is 1. The average Bonchev–Trinajstić information content (AvgIpc) is 2.70. The summed E-state index contributed by atoms with van der Waals surface area (Å²) in [5.41, 5.74) is 5.15. The smallest absolute Gasteiger partial charge is 0.424 e. The molecule has 0 spiro atoms. The number of benzene rings is 1. The summed E-state index contributed by atoms with van der Waals surface area (Å²) in [5.74, 6) is 2.08. The minimum absolute atomic E-state index is 0.0472. The van der Waals surface area contributed by atoms with Crippen LogP contribution in [0.1, 0.15) is 36.2 Å². The van der Waals surface area contributed by atoms with Crippen molar-refractivity contribution in [1.82, 2.24) is 9.97 Å². The molecule has 2 aromatic rings. The van der Waals surface area contributed by atoms with Crippen molar-refractivity contribution in [2.24, 2.45) is 0 Å². The monoisotopic (exact) mass is 407 g/mol. The van der Waals surface area contributed by atoms with E-state index in [4.69, 9.17) is 13.9 Å². The molecule has 28 heavy (non-hydrogen) atoms. The molecule has 2 N–H and O–H groups in total. The zero-order valence-corrected chi connectivity index (χ0v) is 17.7. The molecule has 0 saturated carbocycles. The van der Waals surface area contributed by atoms with Crippen LogP contribution in [0.15, 0.2) is 24.8 Å². The van der Waals surface area contributed by atoms with Gasteiger partial charge in [-0.3, -0.25) is 4.98 Å². The van der Waals surface area contributed by atoms with Crippen molar-refractivity contribution < 1.29 is 23.6 Å². The summed E-state index contributed by atoms with van der Waals surface area (Å²) in [6.45, 7) is 10.9. The number of rotatable bonds is 9. The topological polar surface area (TPSA) is 103 Å². The van der Waals surface area contributed by atoms with Crippen LogP contribution in [0.3, 0.4) is 0 Å². The number of nitrogens with one attached hydrogen (secondary N) is 1. The lowest BCUT2D eigenvalue weighted by Crippen LogP contribution is -2.08. The van der Waals surface area contributed by atoms with Crippen LogP contribution in [-0.4, -0.2) is 22.2 Å². The van der Waals surface area contributed by atoms with Crippen LogP contribution in [0.2, 0.25) is 0 Å². The van der Waals surface area contributed by atoms with Crippen LogP contribution >= 0.6 is 7.60 Å². The molecule has 0 radical (unpaired) electrons. The van der Waals surface area contributed by atoms with Crippen LogP contribution in [0.5, 0.6) is 17.2 Å². The normalized spacial score (nSPS) is 12.9. The Morgan fingerprint density at radius 1 is 1.18 bits per heavy atom. The van der Waals surface area contributed by atoms with Gasteiger partial charge in [-0.05, 0) is 26.7 Å². The summed E-state index contributed by atoms with van der Waals surface area (Å²) in [6, 6.07) is 0. The Morgan fingerprint density at radius 3 is 2.36 bits per heavy atom.